The number of carbonyl (C=O) groups is 1. The molecule has 6 nitrogen and oxygen atoms in total. The average Bonchev–Trinajstić information content (AvgIpc) is 2.51. The SMILES string of the molecule is COc1ccnc(CN(C(=O)O)c2cccc(C)c2)c1OC. The van der Waals surface area contributed by atoms with Gasteiger partial charge in [0.25, 0.3) is 0 Å². The molecule has 1 aromatic carbocycles. The van der Waals surface area contributed by atoms with E-state index < -0.39 is 6.09 Å². The zero-order valence-corrected chi connectivity index (χ0v) is 12.7. The Bertz CT molecular complexity index is 673. The molecule has 1 heterocycles. The quantitative estimate of drug-likeness (QED) is 0.919. The predicted molar refractivity (Wildman–Crippen MR) is 82.7 cm³/mol. The fourth-order valence-corrected chi connectivity index (χ4v) is 2.18. The molecule has 1 aromatic heterocycles. The van der Waals surface area contributed by atoms with Crippen molar-refractivity contribution in [3.8, 4) is 11.5 Å². The summed E-state index contributed by atoms with van der Waals surface area (Å²) in [6, 6.07) is 8.94. The normalized spacial score (nSPS) is 10.1. The van der Waals surface area contributed by atoms with Crippen LogP contribution in [0.4, 0.5) is 10.5 Å². The molecule has 6 heteroatoms. The molecule has 0 saturated carbocycles. The van der Waals surface area contributed by atoms with Gasteiger partial charge in [0, 0.05) is 18.0 Å². The van der Waals surface area contributed by atoms with Crippen LogP contribution in [-0.4, -0.2) is 30.4 Å². The van der Waals surface area contributed by atoms with Crippen LogP contribution >= 0.6 is 0 Å². The molecule has 0 saturated heterocycles. The highest BCUT2D eigenvalue weighted by Gasteiger charge is 2.20. The van der Waals surface area contributed by atoms with Crippen molar-refractivity contribution in [3.63, 3.8) is 0 Å². The molecule has 0 radical (unpaired) electrons. The summed E-state index contributed by atoms with van der Waals surface area (Å²) in [5.74, 6) is 0.950. The lowest BCUT2D eigenvalue weighted by atomic mass is 10.2. The molecular formula is C16H18N2O4. The molecule has 116 valence electrons. The van der Waals surface area contributed by atoms with Gasteiger partial charge in [-0.05, 0) is 24.6 Å². The fraction of sp³-hybridized carbons (Fsp3) is 0.250. The zero-order valence-electron chi connectivity index (χ0n) is 12.7. The minimum absolute atomic E-state index is 0.0686. The Morgan fingerprint density at radius 1 is 1.27 bits per heavy atom. The molecule has 0 aliphatic heterocycles. The Morgan fingerprint density at radius 2 is 2.05 bits per heavy atom. The maximum absolute atomic E-state index is 11.6. The number of methoxy groups -OCH3 is 2. The van der Waals surface area contributed by atoms with Crippen LogP contribution in [0.2, 0.25) is 0 Å². The highest BCUT2D eigenvalue weighted by atomic mass is 16.5. The first-order chi connectivity index (χ1) is 10.6. The monoisotopic (exact) mass is 302 g/mol. The molecule has 0 atom stereocenters. The van der Waals surface area contributed by atoms with E-state index in [9.17, 15) is 9.90 Å². The summed E-state index contributed by atoms with van der Waals surface area (Å²) in [4.78, 5) is 17.0. The van der Waals surface area contributed by atoms with Crippen molar-refractivity contribution in [2.45, 2.75) is 13.5 Å². The van der Waals surface area contributed by atoms with Gasteiger partial charge in [-0.2, -0.15) is 0 Å². The third-order valence-electron chi connectivity index (χ3n) is 3.22. The molecular weight excluding hydrogens is 284 g/mol. The van der Waals surface area contributed by atoms with E-state index in [1.807, 2.05) is 19.1 Å². The Balaban J connectivity index is 2.39. The summed E-state index contributed by atoms with van der Waals surface area (Å²) in [5, 5.41) is 9.50. The first-order valence-corrected chi connectivity index (χ1v) is 6.69. The van der Waals surface area contributed by atoms with Crippen molar-refractivity contribution < 1.29 is 19.4 Å². The third-order valence-corrected chi connectivity index (χ3v) is 3.22. The first-order valence-electron chi connectivity index (χ1n) is 6.69. The highest BCUT2D eigenvalue weighted by Crippen LogP contribution is 2.31. The molecule has 0 spiro atoms. The number of amides is 1. The van der Waals surface area contributed by atoms with Gasteiger partial charge in [0.2, 0.25) is 0 Å². The van der Waals surface area contributed by atoms with E-state index in [4.69, 9.17) is 9.47 Å². The molecule has 0 unspecified atom stereocenters. The molecule has 2 rings (SSSR count). The summed E-state index contributed by atoms with van der Waals surface area (Å²) in [7, 11) is 3.03. The van der Waals surface area contributed by atoms with Crippen LogP contribution in [0, 0.1) is 6.92 Å². The Hall–Kier alpha value is -2.76. The lowest BCUT2D eigenvalue weighted by molar-refractivity contribution is 0.201. The second-order valence-electron chi connectivity index (χ2n) is 4.70. The van der Waals surface area contributed by atoms with E-state index in [0.717, 1.165) is 5.56 Å². The van der Waals surface area contributed by atoms with Gasteiger partial charge in [-0.3, -0.25) is 9.88 Å². The van der Waals surface area contributed by atoms with Crippen LogP contribution in [0.25, 0.3) is 0 Å². The van der Waals surface area contributed by atoms with E-state index in [1.54, 1.807) is 24.4 Å². The molecule has 1 N–H and O–H groups in total. The Labute approximate surface area is 128 Å². The van der Waals surface area contributed by atoms with Gasteiger partial charge in [0.05, 0.1) is 20.8 Å². The van der Waals surface area contributed by atoms with E-state index >= 15 is 0 Å². The predicted octanol–water partition coefficient (Wildman–Crippen LogP) is 3.09. The first kappa shape index (κ1) is 15.6. The Morgan fingerprint density at radius 3 is 2.64 bits per heavy atom. The maximum Gasteiger partial charge on any atom is 0.412 e. The van der Waals surface area contributed by atoms with Crippen molar-refractivity contribution in [3.05, 3.63) is 47.8 Å². The number of ether oxygens (including phenoxy) is 2. The number of rotatable bonds is 5. The van der Waals surface area contributed by atoms with Gasteiger partial charge in [-0.15, -0.1) is 0 Å². The molecule has 0 fully saturated rings. The third kappa shape index (κ3) is 3.28. The van der Waals surface area contributed by atoms with Crippen molar-refractivity contribution >= 4 is 11.8 Å². The van der Waals surface area contributed by atoms with Gasteiger partial charge in [0.15, 0.2) is 11.5 Å². The van der Waals surface area contributed by atoms with E-state index in [2.05, 4.69) is 4.98 Å². The summed E-state index contributed by atoms with van der Waals surface area (Å²) in [5.41, 5.74) is 2.05. The molecule has 0 aliphatic rings. The van der Waals surface area contributed by atoms with Gasteiger partial charge in [-0.1, -0.05) is 12.1 Å². The molecule has 2 aromatic rings. The number of aryl methyl sites for hydroxylation is 1. The summed E-state index contributed by atoms with van der Waals surface area (Å²) in [6.45, 7) is 1.98. The molecule has 1 amide bonds. The standard InChI is InChI=1S/C16H18N2O4/c1-11-5-4-6-12(9-11)18(16(19)20)10-13-15(22-3)14(21-2)7-8-17-13/h4-9H,10H2,1-3H3,(H,19,20). The fourth-order valence-electron chi connectivity index (χ4n) is 2.18. The van der Waals surface area contributed by atoms with Gasteiger partial charge in [-0.25, -0.2) is 4.79 Å². The number of anilines is 1. The minimum Gasteiger partial charge on any atom is -0.493 e. The number of pyridine rings is 1. The number of nitrogens with zero attached hydrogens (tertiary/aromatic N) is 2. The maximum atomic E-state index is 11.6. The lowest BCUT2D eigenvalue weighted by Gasteiger charge is -2.21. The number of hydrogen-bond donors (Lipinski definition) is 1. The Kier molecular flexibility index (Phi) is 4.83. The molecule has 0 bridgehead atoms. The van der Waals surface area contributed by atoms with Crippen LogP contribution in [0.5, 0.6) is 11.5 Å². The number of hydrogen-bond acceptors (Lipinski definition) is 4. The zero-order chi connectivity index (χ0) is 16.1. The molecule has 0 aliphatic carbocycles. The topological polar surface area (TPSA) is 71.9 Å². The largest absolute Gasteiger partial charge is 0.493 e. The second-order valence-corrected chi connectivity index (χ2v) is 4.70. The van der Waals surface area contributed by atoms with Crippen LogP contribution in [0.1, 0.15) is 11.3 Å². The van der Waals surface area contributed by atoms with Crippen molar-refractivity contribution in [2.24, 2.45) is 0 Å². The van der Waals surface area contributed by atoms with E-state index in [0.29, 0.717) is 22.9 Å². The van der Waals surface area contributed by atoms with E-state index in [1.165, 1.54) is 19.1 Å². The average molecular weight is 302 g/mol. The number of benzene rings is 1. The molecule has 22 heavy (non-hydrogen) atoms. The second kappa shape index (κ2) is 6.80. The van der Waals surface area contributed by atoms with Crippen LogP contribution < -0.4 is 14.4 Å². The number of aromatic nitrogens is 1. The van der Waals surface area contributed by atoms with E-state index in [-0.39, 0.29) is 6.54 Å². The lowest BCUT2D eigenvalue weighted by Crippen LogP contribution is -2.29. The number of carboxylic acid groups (broad SMARTS) is 1. The minimum atomic E-state index is -1.06. The van der Waals surface area contributed by atoms with Crippen molar-refractivity contribution in [1.29, 1.82) is 0 Å². The smallest absolute Gasteiger partial charge is 0.412 e. The van der Waals surface area contributed by atoms with Crippen molar-refractivity contribution in [2.75, 3.05) is 19.1 Å². The van der Waals surface area contributed by atoms with Gasteiger partial charge in [0.1, 0.15) is 5.69 Å². The van der Waals surface area contributed by atoms with Gasteiger partial charge >= 0.3 is 6.09 Å². The summed E-state index contributed by atoms with van der Waals surface area (Å²) < 4.78 is 10.5. The van der Waals surface area contributed by atoms with Crippen LogP contribution in [-0.2, 0) is 6.54 Å². The summed E-state index contributed by atoms with van der Waals surface area (Å²) in [6.07, 6.45) is 0.504. The highest BCUT2D eigenvalue weighted by molar-refractivity contribution is 5.86. The van der Waals surface area contributed by atoms with Crippen molar-refractivity contribution in [1.82, 2.24) is 4.98 Å². The summed E-state index contributed by atoms with van der Waals surface area (Å²) >= 11 is 0. The van der Waals surface area contributed by atoms with Gasteiger partial charge < -0.3 is 14.6 Å². The van der Waals surface area contributed by atoms with Crippen LogP contribution in [0.15, 0.2) is 36.5 Å². The van der Waals surface area contributed by atoms with Crippen LogP contribution in [0.3, 0.4) is 0 Å².